The molecule has 26 heavy (non-hydrogen) atoms. The van der Waals surface area contributed by atoms with Crippen LogP contribution >= 0.6 is 24.0 Å². The summed E-state index contributed by atoms with van der Waals surface area (Å²) in [6.45, 7) is 1.40. The Hall–Kier alpha value is -2.16. The molecule has 1 aromatic carbocycles. The molecule has 7 heteroatoms. The first-order valence-electron chi connectivity index (χ1n) is 8.24. The average molecular weight is 467 g/mol. The number of aliphatic imine (C=N–C) groups is 1. The molecule has 0 fully saturated rings. The molecule has 0 aliphatic heterocycles. The summed E-state index contributed by atoms with van der Waals surface area (Å²) in [5.74, 6) is 0.578. The van der Waals surface area contributed by atoms with Crippen LogP contribution in [0, 0.1) is 5.82 Å². The molecule has 0 bridgehead atoms. The van der Waals surface area contributed by atoms with Crippen LogP contribution in [0.2, 0.25) is 0 Å². The fourth-order valence-electron chi connectivity index (χ4n) is 2.73. The van der Waals surface area contributed by atoms with Crippen LogP contribution in [-0.2, 0) is 13.0 Å². The monoisotopic (exact) mass is 467 g/mol. The van der Waals surface area contributed by atoms with Gasteiger partial charge in [0.15, 0.2) is 5.96 Å². The third-order valence-corrected chi connectivity index (χ3v) is 3.98. The molecule has 0 atom stereocenters. The lowest BCUT2D eigenvalue weighted by atomic mass is 10.2. The third-order valence-electron chi connectivity index (χ3n) is 3.98. The molecule has 0 aliphatic carbocycles. The van der Waals surface area contributed by atoms with Gasteiger partial charge < -0.3 is 14.6 Å². The Balaban J connectivity index is 0.00000243. The molecule has 3 aromatic rings. The summed E-state index contributed by atoms with van der Waals surface area (Å²) in [4.78, 5) is 10.9. The minimum Gasteiger partial charge on any atom is -0.356 e. The first-order chi connectivity index (χ1) is 12.2. The lowest BCUT2D eigenvalue weighted by Crippen LogP contribution is -2.39. The van der Waals surface area contributed by atoms with Gasteiger partial charge in [-0.05, 0) is 29.8 Å². The van der Waals surface area contributed by atoms with Crippen LogP contribution in [0.15, 0.2) is 59.9 Å². The number of nitrogens with one attached hydrogen (secondary N) is 1. The maximum Gasteiger partial charge on any atom is 0.193 e. The number of fused-ring (bicyclic) bond motifs is 1. The Labute approximate surface area is 170 Å². The van der Waals surface area contributed by atoms with Gasteiger partial charge in [-0.1, -0.05) is 18.2 Å². The number of guanidine groups is 1. The second-order valence-electron chi connectivity index (χ2n) is 5.90. The molecule has 0 saturated heterocycles. The van der Waals surface area contributed by atoms with Crippen LogP contribution in [0.4, 0.5) is 4.39 Å². The number of hydrogen-bond acceptors (Lipinski definition) is 2. The zero-order valence-corrected chi connectivity index (χ0v) is 17.2. The maximum absolute atomic E-state index is 13.0. The molecular weight excluding hydrogens is 444 g/mol. The quantitative estimate of drug-likeness (QED) is 0.356. The molecular formula is C19H23FIN5. The summed E-state index contributed by atoms with van der Waals surface area (Å²) in [6, 6.07) is 12.5. The largest absolute Gasteiger partial charge is 0.356 e. The predicted octanol–water partition coefficient (Wildman–Crippen LogP) is 3.34. The highest BCUT2D eigenvalue weighted by atomic mass is 127. The SMILES string of the molecule is CN=C(NCCc1cn2ccccc2n1)N(C)Cc1ccc(F)cc1.I. The molecule has 3 rings (SSSR count). The van der Waals surface area contributed by atoms with Crippen molar-refractivity contribution in [3.05, 3.63) is 71.9 Å². The standard InChI is InChI=1S/C19H22FN5.HI/c1-21-19(24(2)13-15-6-8-16(20)9-7-15)22-11-10-17-14-25-12-4-3-5-18(25)23-17;/h3-9,12,14H,10-11,13H2,1-2H3,(H,21,22);1H. The molecule has 0 unspecified atom stereocenters. The zero-order chi connectivity index (χ0) is 17.6. The molecule has 0 amide bonds. The van der Waals surface area contributed by atoms with E-state index in [2.05, 4.69) is 15.3 Å². The molecule has 0 saturated carbocycles. The Morgan fingerprint density at radius 3 is 2.69 bits per heavy atom. The minimum atomic E-state index is -0.221. The molecule has 1 N–H and O–H groups in total. The lowest BCUT2D eigenvalue weighted by Gasteiger charge is -2.22. The van der Waals surface area contributed by atoms with Gasteiger partial charge in [-0.3, -0.25) is 4.99 Å². The molecule has 2 heterocycles. The van der Waals surface area contributed by atoms with Gasteiger partial charge in [-0.15, -0.1) is 24.0 Å². The predicted molar refractivity (Wildman–Crippen MR) is 114 cm³/mol. The minimum absolute atomic E-state index is 0. The molecule has 138 valence electrons. The second kappa shape index (κ2) is 9.51. The highest BCUT2D eigenvalue weighted by molar-refractivity contribution is 14.0. The summed E-state index contributed by atoms with van der Waals surface area (Å²) < 4.78 is 15.0. The summed E-state index contributed by atoms with van der Waals surface area (Å²) in [5.41, 5.74) is 3.03. The van der Waals surface area contributed by atoms with Crippen LogP contribution in [0.5, 0.6) is 0 Å². The van der Waals surface area contributed by atoms with Crippen molar-refractivity contribution in [1.82, 2.24) is 19.6 Å². The van der Waals surface area contributed by atoms with Gasteiger partial charge >= 0.3 is 0 Å². The smallest absolute Gasteiger partial charge is 0.193 e. The summed E-state index contributed by atoms with van der Waals surface area (Å²) in [7, 11) is 3.72. The summed E-state index contributed by atoms with van der Waals surface area (Å²) >= 11 is 0. The number of rotatable bonds is 5. The molecule has 5 nitrogen and oxygen atoms in total. The lowest BCUT2D eigenvalue weighted by molar-refractivity contribution is 0.476. The van der Waals surface area contributed by atoms with Crippen LogP contribution in [0.1, 0.15) is 11.3 Å². The van der Waals surface area contributed by atoms with Crippen LogP contribution < -0.4 is 5.32 Å². The number of pyridine rings is 1. The molecule has 2 aromatic heterocycles. The van der Waals surface area contributed by atoms with E-state index in [1.165, 1.54) is 12.1 Å². The Morgan fingerprint density at radius 1 is 1.23 bits per heavy atom. The van der Waals surface area contributed by atoms with E-state index in [4.69, 9.17) is 0 Å². The first-order valence-corrected chi connectivity index (χ1v) is 8.24. The van der Waals surface area contributed by atoms with E-state index in [1.807, 2.05) is 46.9 Å². The number of imidazole rings is 1. The van der Waals surface area contributed by atoms with Crippen LogP contribution in [0.25, 0.3) is 5.65 Å². The van der Waals surface area contributed by atoms with Crippen molar-refractivity contribution >= 4 is 35.6 Å². The normalized spacial score (nSPS) is 11.3. The molecule has 0 radical (unpaired) electrons. The average Bonchev–Trinajstić information content (AvgIpc) is 3.03. The van der Waals surface area contributed by atoms with Crippen molar-refractivity contribution in [2.45, 2.75) is 13.0 Å². The van der Waals surface area contributed by atoms with Crippen LogP contribution in [-0.4, -0.2) is 40.9 Å². The van der Waals surface area contributed by atoms with Gasteiger partial charge in [0.1, 0.15) is 11.5 Å². The van der Waals surface area contributed by atoms with Crippen molar-refractivity contribution in [2.24, 2.45) is 4.99 Å². The van der Waals surface area contributed by atoms with Crippen molar-refractivity contribution in [1.29, 1.82) is 0 Å². The van der Waals surface area contributed by atoms with Gasteiger partial charge in [0.2, 0.25) is 0 Å². The van der Waals surface area contributed by atoms with Gasteiger partial charge in [-0.2, -0.15) is 0 Å². The van der Waals surface area contributed by atoms with Gasteiger partial charge in [0.05, 0.1) is 5.69 Å². The fraction of sp³-hybridized carbons (Fsp3) is 0.263. The van der Waals surface area contributed by atoms with Crippen molar-refractivity contribution in [3.8, 4) is 0 Å². The van der Waals surface area contributed by atoms with E-state index < -0.39 is 0 Å². The molecule has 0 spiro atoms. The fourth-order valence-corrected chi connectivity index (χ4v) is 2.73. The van der Waals surface area contributed by atoms with Gasteiger partial charge in [0.25, 0.3) is 0 Å². The maximum atomic E-state index is 13.0. The van der Waals surface area contributed by atoms with E-state index in [0.717, 1.165) is 35.8 Å². The number of hydrogen-bond donors (Lipinski definition) is 1. The van der Waals surface area contributed by atoms with E-state index in [-0.39, 0.29) is 29.8 Å². The van der Waals surface area contributed by atoms with Crippen molar-refractivity contribution < 1.29 is 4.39 Å². The topological polar surface area (TPSA) is 44.9 Å². The van der Waals surface area contributed by atoms with Crippen molar-refractivity contribution in [2.75, 3.05) is 20.6 Å². The highest BCUT2D eigenvalue weighted by Gasteiger charge is 2.07. The van der Waals surface area contributed by atoms with E-state index in [0.29, 0.717) is 6.54 Å². The van der Waals surface area contributed by atoms with Gasteiger partial charge in [0, 0.05) is 46.0 Å². The second-order valence-corrected chi connectivity index (χ2v) is 5.90. The molecule has 0 aliphatic rings. The van der Waals surface area contributed by atoms with E-state index in [9.17, 15) is 4.39 Å². The Morgan fingerprint density at radius 2 is 2.00 bits per heavy atom. The van der Waals surface area contributed by atoms with Crippen LogP contribution in [0.3, 0.4) is 0 Å². The Bertz CT molecular complexity index is 827. The number of aromatic nitrogens is 2. The first kappa shape index (κ1) is 20.2. The van der Waals surface area contributed by atoms with Crippen molar-refractivity contribution in [3.63, 3.8) is 0 Å². The third kappa shape index (κ3) is 5.17. The summed E-state index contributed by atoms with van der Waals surface area (Å²) in [6.07, 6.45) is 4.85. The van der Waals surface area contributed by atoms with Gasteiger partial charge in [-0.25, -0.2) is 9.37 Å². The van der Waals surface area contributed by atoms with E-state index in [1.54, 1.807) is 19.2 Å². The zero-order valence-electron chi connectivity index (χ0n) is 14.9. The Kier molecular flexibility index (Phi) is 7.38. The number of halogens is 2. The van der Waals surface area contributed by atoms with E-state index >= 15 is 0 Å². The summed E-state index contributed by atoms with van der Waals surface area (Å²) in [5, 5.41) is 3.35. The number of nitrogens with zero attached hydrogens (tertiary/aromatic N) is 4. The highest BCUT2D eigenvalue weighted by Crippen LogP contribution is 2.07. The number of benzene rings is 1.